The van der Waals surface area contributed by atoms with Crippen molar-refractivity contribution in [1.82, 2.24) is 15.5 Å². The molecule has 16 heavy (non-hydrogen) atoms. The normalized spacial score (nSPS) is 11.8. The van der Waals surface area contributed by atoms with E-state index >= 15 is 0 Å². The van der Waals surface area contributed by atoms with Gasteiger partial charge in [-0.05, 0) is 27.2 Å². The summed E-state index contributed by atoms with van der Waals surface area (Å²) in [6, 6.07) is 0. The largest absolute Gasteiger partial charge is 0.469 e. The Bertz CT molecular complexity index is 306. The van der Waals surface area contributed by atoms with Crippen LogP contribution in [0.2, 0.25) is 0 Å². The van der Waals surface area contributed by atoms with E-state index < -0.39 is 0 Å². The predicted octanol–water partition coefficient (Wildman–Crippen LogP) is 2.61. The maximum absolute atomic E-state index is 5.48. The van der Waals surface area contributed by atoms with E-state index in [1.54, 1.807) is 0 Å². The fourth-order valence-electron chi connectivity index (χ4n) is 1.01. The third kappa shape index (κ3) is 5.42. The molecule has 5 heteroatoms. The summed E-state index contributed by atoms with van der Waals surface area (Å²) in [5.74, 6) is 0. The van der Waals surface area contributed by atoms with Gasteiger partial charge in [-0.1, -0.05) is 24.7 Å². The average Bonchev–Trinajstić information content (AvgIpc) is 2.62. The first kappa shape index (κ1) is 13.4. The van der Waals surface area contributed by atoms with Crippen molar-refractivity contribution >= 4 is 11.3 Å². The monoisotopic (exact) mass is 243 g/mol. The van der Waals surface area contributed by atoms with Crippen LogP contribution in [0.25, 0.3) is 0 Å². The van der Waals surface area contributed by atoms with Crippen LogP contribution in [0.4, 0.5) is 0 Å². The molecular formula is C11H21N3OS. The molecule has 0 aliphatic heterocycles. The summed E-state index contributed by atoms with van der Waals surface area (Å²) < 4.78 is 5.48. The number of nitrogens with one attached hydrogen (secondary N) is 1. The van der Waals surface area contributed by atoms with Crippen molar-refractivity contribution in [1.29, 1.82) is 0 Å². The molecule has 0 unspecified atom stereocenters. The second kappa shape index (κ2) is 6.15. The lowest BCUT2D eigenvalue weighted by Gasteiger charge is -2.19. The maximum Gasteiger partial charge on any atom is 0.294 e. The van der Waals surface area contributed by atoms with Crippen LogP contribution in [0.3, 0.4) is 0 Å². The molecule has 0 aromatic carbocycles. The van der Waals surface area contributed by atoms with Gasteiger partial charge in [0.1, 0.15) is 5.01 Å². The molecule has 1 aromatic rings. The highest BCUT2D eigenvalue weighted by Gasteiger charge is 2.11. The molecule has 1 heterocycles. The Morgan fingerprint density at radius 2 is 2.06 bits per heavy atom. The molecule has 0 aliphatic carbocycles. The van der Waals surface area contributed by atoms with Crippen LogP contribution >= 0.6 is 11.3 Å². The molecule has 1 rings (SSSR count). The van der Waals surface area contributed by atoms with Crippen LogP contribution in [0.1, 0.15) is 45.5 Å². The van der Waals surface area contributed by atoms with Crippen molar-refractivity contribution in [3.63, 3.8) is 0 Å². The smallest absolute Gasteiger partial charge is 0.294 e. The van der Waals surface area contributed by atoms with E-state index in [9.17, 15) is 0 Å². The van der Waals surface area contributed by atoms with Gasteiger partial charge in [-0.3, -0.25) is 0 Å². The summed E-state index contributed by atoms with van der Waals surface area (Å²) in [6.45, 7) is 10.0. The topological polar surface area (TPSA) is 47.0 Å². The maximum atomic E-state index is 5.48. The number of hydrogen-bond donors (Lipinski definition) is 1. The lowest BCUT2D eigenvalue weighted by atomic mass is 10.1. The lowest BCUT2D eigenvalue weighted by molar-refractivity contribution is 0.305. The number of aromatic nitrogens is 2. The predicted molar refractivity (Wildman–Crippen MR) is 66.9 cm³/mol. The van der Waals surface area contributed by atoms with Gasteiger partial charge in [-0.25, -0.2) is 0 Å². The number of nitrogens with zero attached hydrogens (tertiary/aromatic N) is 2. The molecule has 0 aliphatic rings. The van der Waals surface area contributed by atoms with Crippen LogP contribution in [-0.4, -0.2) is 22.3 Å². The Balaban J connectivity index is 2.33. The van der Waals surface area contributed by atoms with Crippen molar-refractivity contribution in [2.24, 2.45) is 0 Å². The Hall–Kier alpha value is -0.680. The SMILES string of the molecule is CCCCOc1nnc(CNC(C)(C)C)s1. The zero-order valence-corrected chi connectivity index (χ0v) is 11.4. The molecule has 0 fully saturated rings. The lowest BCUT2D eigenvalue weighted by Crippen LogP contribution is -2.35. The highest BCUT2D eigenvalue weighted by atomic mass is 32.1. The summed E-state index contributed by atoms with van der Waals surface area (Å²) in [4.78, 5) is 0. The summed E-state index contributed by atoms with van der Waals surface area (Å²) in [5.41, 5.74) is 0.106. The minimum atomic E-state index is 0.106. The van der Waals surface area contributed by atoms with Crippen molar-refractivity contribution in [2.75, 3.05) is 6.61 Å². The zero-order chi connectivity index (χ0) is 12.0. The second-order valence-corrected chi connectivity index (χ2v) is 5.79. The van der Waals surface area contributed by atoms with Crippen LogP contribution in [0.5, 0.6) is 5.19 Å². The van der Waals surface area contributed by atoms with Gasteiger partial charge in [-0.2, -0.15) is 0 Å². The summed E-state index contributed by atoms with van der Waals surface area (Å²) in [7, 11) is 0. The minimum Gasteiger partial charge on any atom is -0.469 e. The summed E-state index contributed by atoms with van der Waals surface area (Å²) in [5, 5.41) is 13.1. The molecule has 1 aromatic heterocycles. The fraction of sp³-hybridized carbons (Fsp3) is 0.818. The Morgan fingerprint density at radius 3 is 2.69 bits per heavy atom. The highest BCUT2D eigenvalue weighted by Crippen LogP contribution is 2.18. The van der Waals surface area contributed by atoms with Gasteiger partial charge < -0.3 is 10.1 Å². The summed E-state index contributed by atoms with van der Waals surface area (Å²) >= 11 is 1.52. The van der Waals surface area contributed by atoms with Crippen molar-refractivity contribution < 1.29 is 4.74 Å². The van der Waals surface area contributed by atoms with Gasteiger partial charge in [0.2, 0.25) is 0 Å². The Morgan fingerprint density at radius 1 is 1.31 bits per heavy atom. The second-order valence-electron chi connectivity index (χ2n) is 4.77. The van der Waals surface area contributed by atoms with E-state index in [4.69, 9.17) is 4.74 Å². The quantitative estimate of drug-likeness (QED) is 0.780. The fourth-order valence-corrected chi connectivity index (χ4v) is 1.66. The standard InChI is InChI=1S/C11H21N3OS/c1-5-6-7-15-10-14-13-9(16-10)8-12-11(2,3)4/h12H,5-8H2,1-4H3. The Kier molecular flexibility index (Phi) is 5.15. The number of unbranched alkanes of at least 4 members (excludes halogenated alkanes) is 1. The van der Waals surface area contributed by atoms with Gasteiger partial charge >= 0.3 is 0 Å². The first-order valence-corrected chi connectivity index (χ1v) is 6.53. The van der Waals surface area contributed by atoms with Crippen LogP contribution in [0, 0.1) is 0 Å². The molecule has 0 saturated heterocycles. The van der Waals surface area contributed by atoms with Crippen LogP contribution < -0.4 is 10.1 Å². The number of ether oxygens (including phenoxy) is 1. The Labute approximate surface area is 101 Å². The molecule has 4 nitrogen and oxygen atoms in total. The molecule has 0 spiro atoms. The van der Waals surface area contributed by atoms with Crippen LogP contribution in [-0.2, 0) is 6.54 Å². The summed E-state index contributed by atoms with van der Waals surface area (Å²) in [6.07, 6.45) is 2.20. The van der Waals surface area contributed by atoms with Crippen molar-refractivity contribution in [2.45, 2.75) is 52.6 Å². The first-order valence-electron chi connectivity index (χ1n) is 5.71. The van der Waals surface area contributed by atoms with Gasteiger partial charge in [-0.15, -0.1) is 10.2 Å². The molecule has 1 N–H and O–H groups in total. The molecule has 0 bridgehead atoms. The molecule has 0 saturated carbocycles. The third-order valence-electron chi connectivity index (χ3n) is 1.94. The van der Waals surface area contributed by atoms with E-state index in [1.807, 2.05) is 0 Å². The van der Waals surface area contributed by atoms with Gasteiger partial charge in [0, 0.05) is 5.54 Å². The van der Waals surface area contributed by atoms with E-state index in [0.717, 1.165) is 31.0 Å². The van der Waals surface area contributed by atoms with Crippen LogP contribution in [0.15, 0.2) is 0 Å². The molecule has 0 atom stereocenters. The van der Waals surface area contributed by atoms with Crippen molar-refractivity contribution in [3.05, 3.63) is 5.01 Å². The third-order valence-corrected chi connectivity index (χ3v) is 2.78. The van der Waals surface area contributed by atoms with E-state index in [-0.39, 0.29) is 5.54 Å². The van der Waals surface area contributed by atoms with E-state index in [1.165, 1.54) is 11.3 Å². The van der Waals surface area contributed by atoms with Gasteiger partial charge in [0.25, 0.3) is 5.19 Å². The van der Waals surface area contributed by atoms with Crippen molar-refractivity contribution in [3.8, 4) is 5.19 Å². The van der Waals surface area contributed by atoms with Gasteiger partial charge in [0.05, 0.1) is 13.2 Å². The average molecular weight is 243 g/mol. The number of hydrogen-bond acceptors (Lipinski definition) is 5. The van der Waals surface area contributed by atoms with E-state index in [2.05, 4.69) is 43.2 Å². The minimum absolute atomic E-state index is 0.106. The zero-order valence-electron chi connectivity index (χ0n) is 10.5. The molecular weight excluding hydrogens is 222 g/mol. The number of rotatable bonds is 6. The molecule has 0 radical (unpaired) electrons. The first-order chi connectivity index (χ1) is 7.51. The van der Waals surface area contributed by atoms with E-state index in [0.29, 0.717) is 5.19 Å². The molecule has 0 amide bonds. The molecule has 92 valence electrons. The highest BCUT2D eigenvalue weighted by molar-refractivity contribution is 7.13. The van der Waals surface area contributed by atoms with Gasteiger partial charge in [0.15, 0.2) is 0 Å².